The Balaban J connectivity index is 1.54. The summed E-state index contributed by atoms with van der Waals surface area (Å²) in [6.07, 6.45) is 0.568. The maximum atomic E-state index is 12.5. The molecule has 0 amide bonds. The van der Waals surface area contributed by atoms with E-state index in [1.165, 1.54) is 19.2 Å². The Morgan fingerprint density at radius 1 is 0.750 bits per heavy atom. The lowest BCUT2D eigenvalue weighted by molar-refractivity contribution is 0.414. The third-order valence-electron chi connectivity index (χ3n) is 6.05. The van der Waals surface area contributed by atoms with E-state index in [0.717, 1.165) is 22.3 Å². The molecule has 0 spiro atoms. The zero-order valence-electron chi connectivity index (χ0n) is 21.1. The first-order valence-electron chi connectivity index (χ1n) is 11.8. The molecule has 1 unspecified atom stereocenters. The van der Waals surface area contributed by atoms with Gasteiger partial charge in [0.15, 0.2) is 0 Å². The van der Waals surface area contributed by atoms with Crippen molar-refractivity contribution in [1.29, 1.82) is 0 Å². The fourth-order valence-electron chi connectivity index (χ4n) is 3.56. The molecule has 0 aliphatic heterocycles. The second-order valence-corrected chi connectivity index (χ2v) is 13.1. The molecule has 2 N–H and O–H groups in total. The molecule has 0 saturated heterocycles. The van der Waals surface area contributed by atoms with Crippen molar-refractivity contribution in [2.45, 2.75) is 43.3 Å². The summed E-state index contributed by atoms with van der Waals surface area (Å²) < 4.78 is 59.3. The van der Waals surface area contributed by atoms with Crippen molar-refractivity contribution in [3.8, 4) is 16.9 Å². The molecule has 0 aliphatic carbocycles. The van der Waals surface area contributed by atoms with Crippen molar-refractivity contribution < 1.29 is 21.6 Å². The van der Waals surface area contributed by atoms with Crippen LogP contribution in [0.5, 0.6) is 5.75 Å². The van der Waals surface area contributed by atoms with Crippen molar-refractivity contribution in [3.05, 3.63) is 83.9 Å². The zero-order valence-corrected chi connectivity index (χ0v) is 22.7. The molecule has 0 saturated carbocycles. The van der Waals surface area contributed by atoms with Gasteiger partial charge < -0.3 is 4.74 Å². The van der Waals surface area contributed by atoms with Gasteiger partial charge >= 0.3 is 0 Å². The highest BCUT2D eigenvalue weighted by Crippen LogP contribution is 2.23. The number of benzene rings is 3. The third kappa shape index (κ3) is 7.39. The van der Waals surface area contributed by atoms with E-state index in [9.17, 15) is 16.8 Å². The highest BCUT2D eigenvalue weighted by atomic mass is 32.2. The fraction of sp³-hybridized carbons (Fsp3) is 0.333. The monoisotopic (exact) mass is 530 g/mol. The molecular weight excluding hydrogens is 496 g/mol. The maximum absolute atomic E-state index is 12.5. The van der Waals surface area contributed by atoms with Crippen LogP contribution in [0, 0.1) is 0 Å². The van der Waals surface area contributed by atoms with Gasteiger partial charge in [-0.25, -0.2) is 26.3 Å². The van der Waals surface area contributed by atoms with Crippen molar-refractivity contribution >= 4 is 20.0 Å². The fourth-order valence-corrected chi connectivity index (χ4v) is 5.41. The standard InChI is InChI=1S/C27H34N2O5S2/c1-20(2)35(30,31)29-19-21(3)23-9-11-25(12-10-23)24-7-5-22(6-8-24)17-18-28-36(32,33)27-15-13-26(34-4)14-16-27/h5-16,20-21,28-29H,17-19H2,1-4H3. The number of hydrogen-bond acceptors (Lipinski definition) is 5. The van der Waals surface area contributed by atoms with E-state index in [0.29, 0.717) is 25.3 Å². The van der Waals surface area contributed by atoms with E-state index in [4.69, 9.17) is 4.74 Å². The van der Waals surface area contributed by atoms with Gasteiger partial charge in [0.05, 0.1) is 17.3 Å². The van der Waals surface area contributed by atoms with Crippen LogP contribution in [0.2, 0.25) is 0 Å². The Bertz CT molecular complexity index is 1330. The summed E-state index contributed by atoms with van der Waals surface area (Å²) >= 11 is 0. The molecule has 0 fully saturated rings. The van der Waals surface area contributed by atoms with Gasteiger partial charge in [-0.1, -0.05) is 55.5 Å². The highest BCUT2D eigenvalue weighted by molar-refractivity contribution is 7.90. The molecule has 3 aromatic rings. The number of ether oxygens (including phenoxy) is 1. The topological polar surface area (TPSA) is 102 Å². The van der Waals surface area contributed by atoms with Crippen molar-refractivity contribution in [2.75, 3.05) is 20.2 Å². The van der Waals surface area contributed by atoms with Crippen LogP contribution >= 0.6 is 0 Å². The van der Waals surface area contributed by atoms with Crippen LogP contribution in [0.4, 0.5) is 0 Å². The Morgan fingerprint density at radius 3 is 1.83 bits per heavy atom. The summed E-state index contributed by atoms with van der Waals surface area (Å²) in [5, 5.41) is -0.455. The number of nitrogens with one attached hydrogen (secondary N) is 2. The Morgan fingerprint density at radius 2 is 1.31 bits per heavy atom. The Kier molecular flexibility index (Phi) is 9.30. The van der Waals surface area contributed by atoms with E-state index in [1.807, 2.05) is 55.5 Å². The molecule has 0 aromatic heterocycles. The number of rotatable bonds is 12. The summed E-state index contributed by atoms with van der Waals surface area (Å²) in [7, 11) is -5.32. The number of hydrogen-bond donors (Lipinski definition) is 2. The van der Waals surface area contributed by atoms with Crippen LogP contribution in [0.15, 0.2) is 77.7 Å². The first kappa shape index (κ1) is 27.9. The lowest BCUT2D eigenvalue weighted by Gasteiger charge is -2.15. The molecule has 36 heavy (non-hydrogen) atoms. The van der Waals surface area contributed by atoms with Gasteiger partial charge in [0.2, 0.25) is 20.0 Å². The highest BCUT2D eigenvalue weighted by Gasteiger charge is 2.17. The molecule has 1 atom stereocenters. The third-order valence-corrected chi connectivity index (χ3v) is 9.34. The van der Waals surface area contributed by atoms with E-state index >= 15 is 0 Å². The van der Waals surface area contributed by atoms with Gasteiger partial charge in [0.1, 0.15) is 5.75 Å². The van der Waals surface area contributed by atoms with Gasteiger partial charge in [-0.05, 0) is 72.7 Å². The molecule has 9 heteroatoms. The number of methoxy groups -OCH3 is 1. The van der Waals surface area contributed by atoms with Crippen LogP contribution in [0.25, 0.3) is 11.1 Å². The van der Waals surface area contributed by atoms with Gasteiger partial charge in [-0.2, -0.15) is 0 Å². The molecule has 0 heterocycles. The normalized spacial score (nSPS) is 13.0. The summed E-state index contributed by atoms with van der Waals surface area (Å²) in [6, 6.07) is 22.4. The number of sulfonamides is 2. The molecule has 3 aromatic carbocycles. The van der Waals surface area contributed by atoms with Crippen molar-refractivity contribution in [1.82, 2.24) is 9.44 Å². The smallest absolute Gasteiger partial charge is 0.240 e. The van der Waals surface area contributed by atoms with Crippen LogP contribution in [0.1, 0.15) is 37.8 Å². The Labute approximate surface area is 215 Å². The van der Waals surface area contributed by atoms with E-state index in [1.54, 1.807) is 26.0 Å². The van der Waals surface area contributed by atoms with Gasteiger partial charge in [-0.15, -0.1) is 0 Å². The predicted octanol–water partition coefficient (Wildman–Crippen LogP) is 4.31. The van der Waals surface area contributed by atoms with E-state index in [-0.39, 0.29) is 10.8 Å². The Hall–Kier alpha value is -2.72. The van der Waals surface area contributed by atoms with Gasteiger partial charge in [-0.3, -0.25) is 0 Å². The zero-order chi connectivity index (χ0) is 26.3. The molecule has 7 nitrogen and oxygen atoms in total. The van der Waals surface area contributed by atoms with Crippen LogP contribution in [0.3, 0.4) is 0 Å². The molecule has 194 valence electrons. The SMILES string of the molecule is COc1ccc(S(=O)(=O)NCCc2ccc(-c3ccc(C(C)CNS(=O)(=O)C(C)C)cc3)cc2)cc1. The van der Waals surface area contributed by atoms with Crippen LogP contribution in [-0.2, 0) is 26.5 Å². The minimum atomic E-state index is -3.58. The second kappa shape index (κ2) is 12.0. The van der Waals surface area contributed by atoms with Crippen LogP contribution in [-0.4, -0.2) is 42.3 Å². The first-order valence-corrected chi connectivity index (χ1v) is 14.9. The quantitative estimate of drug-likeness (QED) is 0.363. The minimum absolute atomic E-state index is 0.0524. The van der Waals surface area contributed by atoms with Gasteiger partial charge in [0.25, 0.3) is 0 Å². The van der Waals surface area contributed by atoms with Crippen molar-refractivity contribution in [3.63, 3.8) is 0 Å². The predicted molar refractivity (Wildman–Crippen MR) is 144 cm³/mol. The summed E-state index contributed by atoms with van der Waals surface area (Å²) in [5.41, 5.74) is 4.20. The minimum Gasteiger partial charge on any atom is -0.497 e. The first-order chi connectivity index (χ1) is 17.0. The lowest BCUT2D eigenvalue weighted by atomic mass is 9.97. The lowest BCUT2D eigenvalue weighted by Crippen LogP contribution is -2.33. The summed E-state index contributed by atoms with van der Waals surface area (Å²) in [6.45, 7) is 5.97. The van der Waals surface area contributed by atoms with E-state index in [2.05, 4.69) is 9.44 Å². The second-order valence-electron chi connectivity index (χ2n) is 8.99. The van der Waals surface area contributed by atoms with Crippen LogP contribution < -0.4 is 14.2 Å². The van der Waals surface area contributed by atoms with Gasteiger partial charge in [0, 0.05) is 13.1 Å². The summed E-state index contributed by atoms with van der Waals surface area (Å²) in [4.78, 5) is 0.203. The molecule has 0 bridgehead atoms. The summed E-state index contributed by atoms with van der Waals surface area (Å²) in [5.74, 6) is 0.656. The largest absolute Gasteiger partial charge is 0.497 e. The average Bonchev–Trinajstić information content (AvgIpc) is 2.87. The maximum Gasteiger partial charge on any atom is 0.240 e. The molecule has 0 aliphatic rings. The molecular formula is C27H34N2O5S2. The molecule has 0 radical (unpaired) electrons. The molecule has 3 rings (SSSR count). The van der Waals surface area contributed by atoms with Crippen molar-refractivity contribution in [2.24, 2.45) is 0 Å². The van der Waals surface area contributed by atoms with E-state index < -0.39 is 25.3 Å². The average molecular weight is 531 g/mol.